The fraction of sp³-hybridized carbons (Fsp3) is 0.786. The molecule has 1 rings (SSSR count). The molecule has 4 nitrogen and oxygen atoms in total. The van der Waals surface area contributed by atoms with Gasteiger partial charge in [-0.3, -0.25) is 14.5 Å². The van der Waals surface area contributed by atoms with Crippen LogP contribution in [0.1, 0.15) is 59.8 Å². The molecule has 0 aliphatic carbocycles. The number of likely N-dealkylation sites (tertiary alicyclic amines) is 1. The van der Waals surface area contributed by atoms with Gasteiger partial charge in [-0.25, -0.2) is 0 Å². The summed E-state index contributed by atoms with van der Waals surface area (Å²) in [6.45, 7) is 7.88. The van der Waals surface area contributed by atoms with Gasteiger partial charge >= 0.3 is 0 Å². The molecule has 0 radical (unpaired) electrons. The standard InChI is InChI=1S/C12H19NO3.C2H6/c1-9-8-11(15)13(12(9)16)7-5-3-4-6-10(2)14;1-2/h9H,3-8H2,1-2H3;1-2H3. The lowest BCUT2D eigenvalue weighted by molar-refractivity contribution is -0.139. The molecule has 2 amide bonds. The minimum absolute atomic E-state index is 0.0448. The first-order valence-corrected chi connectivity index (χ1v) is 6.86. The van der Waals surface area contributed by atoms with Crippen molar-refractivity contribution in [3.8, 4) is 0 Å². The number of hydrogen-bond donors (Lipinski definition) is 0. The molecule has 18 heavy (non-hydrogen) atoms. The Balaban J connectivity index is 0.00000137. The number of unbranched alkanes of at least 4 members (excludes halogenated alkanes) is 2. The molecular weight excluding hydrogens is 230 g/mol. The summed E-state index contributed by atoms with van der Waals surface area (Å²) in [5.74, 6) is -0.0488. The maximum Gasteiger partial charge on any atom is 0.232 e. The molecule has 1 aliphatic rings. The van der Waals surface area contributed by atoms with Crippen molar-refractivity contribution in [1.82, 2.24) is 4.90 Å². The van der Waals surface area contributed by atoms with Gasteiger partial charge in [0, 0.05) is 25.3 Å². The van der Waals surface area contributed by atoms with E-state index < -0.39 is 0 Å². The molecule has 1 heterocycles. The van der Waals surface area contributed by atoms with Crippen LogP contribution in [0.25, 0.3) is 0 Å². The summed E-state index contributed by atoms with van der Waals surface area (Å²) in [6.07, 6.45) is 3.49. The van der Waals surface area contributed by atoms with Gasteiger partial charge in [0.2, 0.25) is 11.8 Å². The number of carbonyl (C=O) groups excluding carboxylic acids is 3. The monoisotopic (exact) mass is 255 g/mol. The van der Waals surface area contributed by atoms with Gasteiger partial charge < -0.3 is 4.79 Å². The summed E-state index contributed by atoms with van der Waals surface area (Å²) in [7, 11) is 0. The SMILES string of the molecule is CC.CC(=O)CCCCCN1C(=O)CC(C)C1=O. The smallest absolute Gasteiger partial charge is 0.232 e. The molecule has 0 aromatic carbocycles. The van der Waals surface area contributed by atoms with E-state index in [0.717, 1.165) is 19.3 Å². The highest BCUT2D eigenvalue weighted by atomic mass is 16.2. The molecule has 0 N–H and O–H groups in total. The van der Waals surface area contributed by atoms with Crippen molar-refractivity contribution < 1.29 is 14.4 Å². The first kappa shape index (κ1) is 16.8. The number of Topliss-reactive ketones (excluding diaryl/α,β-unsaturated/α-hetero) is 1. The van der Waals surface area contributed by atoms with E-state index in [1.165, 1.54) is 4.90 Å². The second-order valence-corrected chi connectivity index (χ2v) is 4.50. The first-order valence-electron chi connectivity index (χ1n) is 6.86. The Morgan fingerprint density at radius 2 is 1.83 bits per heavy atom. The molecule has 0 aromatic heterocycles. The third-order valence-electron chi connectivity index (χ3n) is 2.88. The van der Waals surface area contributed by atoms with Gasteiger partial charge in [0.05, 0.1) is 0 Å². The lowest BCUT2D eigenvalue weighted by Gasteiger charge is -2.13. The molecule has 1 atom stereocenters. The third-order valence-corrected chi connectivity index (χ3v) is 2.88. The van der Waals surface area contributed by atoms with Crippen molar-refractivity contribution in [2.75, 3.05) is 6.54 Å². The highest BCUT2D eigenvalue weighted by molar-refractivity contribution is 6.03. The minimum Gasteiger partial charge on any atom is -0.300 e. The van der Waals surface area contributed by atoms with Gasteiger partial charge in [0.15, 0.2) is 0 Å². The summed E-state index contributed by atoms with van der Waals surface area (Å²) in [4.78, 5) is 35.0. The maximum atomic E-state index is 11.5. The quantitative estimate of drug-likeness (QED) is 0.541. The Bertz CT molecular complexity index is 299. The summed E-state index contributed by atoms with van der Waals surface area (Å²) in [5.41, 5.74) is 0. The Morgan fingerprint density at radius 1 is 1.22 bits per heavy atom. The summed E-state index contributed by atoms with van der Waals surface area (Å²) in [5, 5.41) is 0. The highest BCUT2D eigenvalue weighted by Crippen LogP contribution is 2.19. The molecule has 0 saturated carbocycles. The van der Waals surface area contributed by atoms with Crippen LogP contribution in [0.15, 0.2) is 0 Å². The zero-order valence-corrected chi connectivity index (χ0v) is 12.0. The molecule has 0 bridgehead atoms. The number of hydrogen-bond acceptors (Lipinski definition) is 3. The average molecular weight is 255 g/mol. The van der Waals surface area contributed by atoms with Gasteiger partial charge in [-0.2, -0.15) is 0 Å². The zero-order chi connectivity index (χ0) is 14.1. The molecular formula is C14H25NO3. The normalized spacial score (nSPS) is 18.7. The minimum atomic E-state index is -0.148. The topological polar surface area (TPSA) is 54.5 Å². The maximum absolute atomic E-state index is 11.5. The van der Waals surface area contributed by atoms with Crippen LogP contribution in [0.5, 0.6) is 0 Å². The van der Waals surface area contributed by atoms with E-state index in [0.29, 0.717) is 19.4 Å². The average Bonchev–Trinajstić information content (AvgIpc) is 2.57. The summed E-state index contributed by atoms with van der Waals surface area (Å²) in [6, 6.07) is 0. The number of amides is 2. The summed E-state index contributed by atoms with van der Waals surface area (Å²) < 4.78 is 0. The number of rotatable bonds is 6. The molecule has 104 valence electrons. The van der Waals surface area contributed by atoms with Crippen molar-refractivity contribution in [2.45, 2.75) is 59.8 Å². The van der Waals surface area contributed by atoms with E-state index in [9.17, 15) is 14.4 Å². The Kier molecular flexibility index (Phi) is 8.25. The van der Waals surface area contributed by atoms with Crippen LogP contribution >= 0.6 is 0 Å². The van der Waals surface area contributed by atoms with Gasteiger partial charge in [-0.05, 0) is 19.8 Å². The number of carbonyl (C=O) groups is 3. The lowest BCUT2D eigenvalue weighted by Crippen LogP contribution is -2.31. The number of imide groups is 1. The van der Waals surface area contributed by atoms with Crippen LogP contribution in [-0.2, 0) is 14.4 Å². The second kappa shape index (κ2) is 8.84. The van der Waals surface area contributed by atoms with Gasteiger partial charge in [0.1, 0.15) is 5.78 Å². The van der Waals surface area contributed by atoms with E-state index in [-0.39, 0.29) is 23.5 Å². The number of ketones is 1. The van der Waals surface area contributed by atoms with Crippen LogP contribution < -0.4 is 0 Å². The van der Waals surface area contributed by atoms with Crippen molar-refractivity contribution in [3.63, 3.8) is 0 Å². The number of nitrogens with zero attached hydrogens (tertiary/aromatic N) is 1. The highest BCUT2D eigenvalue weighted by Gasteiger charge is 2.34. The molecule has 4 heteroatoms. The fourth-order valence-electron chi connectivity index (χ4n) is 1.90. The largest absolute Gasteiger partial charge is 0.300 e. The molecule has 1 fully saturated rings. The summed E-state index contributed by atoms with van der Waals surface area (Å²) >= 11 is 0. The van der Waals surface area contributed by atoms with Crippen LogP contribution in [0.3, 0.4) is 0 Å². The Hall–Kier alpha value is -1.19. The van der Waals surface area contributed by atoms with Crippen LogP contribution in [-0.4, -0.2) is 29.0 Å². The second-order valence-electron chi connectivity index (χ2n) is 4.50. The van der Waals surface area contributed by atoms with Crippen LogP contribution in [0, 0.1) is 5.92 Å². The third kappa shape index (κ3) is 5.43. The van der Waals surface area contributed by atoms with Crippen molar-refractivity contribution in [2.24, 2.45) is 5.92 Å². The Labute approximate surface area is 110 Å². The zero-order valence-electron chi connectivity index (χ0n) is 12.0. The van der Waals surface area contributed by atoms with E-state index in [4.69, 9.17) is 0 Å². The van der Waals surface area contributed by atoms with Gasteiger partial charge in [-0.15, -0.1) is 0 Å². The molecule has 1 aliphatic heterocycles. The fourth-order valence-corrected chi connectivity index (χ4v) is 1.90. The predicted octanol–water partition coefficient (Wildman–Crippen LogP) is 2.56. The van der Waals surface area contributed by atoms with Crippen molar-refractivity contribution in [1.29, 1.82) is 0 Å². The van der Waals surface area contributed by atoms with E-state index >= 15 is 0 Å². The van der Waals surface area contributed by atoms with E-state index in [1.807, 2.05) is 13.8 Å². The van der Waals surface area contributed by atoms with Crippen molar-refractivity contribution >= 4 is 17.6 Å². The first-order chi connectivity index (χ1) is 8.52. The van der Waals surface area contributed by atoms with Crippen LogP contribution in [0.2, 0.25) is 0 Å². The molecule has 0 aromatic rings. The van der Waals surface area contributed by atoms with E-state index in [1.54, 1.807) is 13.8 Å². The predicted molar refractivity (Wildman–Crippen MR) is 71.0 cm³/mol. The molecule has 1 unspecified atom stereocenters. The molecule has 1 saturated heterocycles. The van der Waals surface area contributed by atoms with Gasteiger partial charge in [0.25, 0.3) is 0 Å². The Morgan fingerprint density at radius 3 is 2.28 bits per heavy atom. The lowest BCUT2D eigenvalue weighted by atomic mass is 10.1. The molecule has 0 spiro atoms. The van der Waals surface area contributed by atoms with Crippen LogP contribution in [0.4, 0.5) is 0 Å². The van der Waals surface area contributed by atoms with E-state index in [2.05, 4.69) is 0 Å². The van der Waals surface area contributed by atoms with Gasteiger partial charge in [-0.1, -0.05) is 27.2 Å². The van der Waals surface area contributed by atoms with Crippen molar-refractivity contribution in [3.05, 3.63) is 0 Å².